The minimum absolute atomic E-state index is 0.708. The zero-order valence-corrected chi connectivity index (χ0v) is 12.3. The third kappa shape index (κ3) is 2.72. The summed E-state index contributed by atoms with van der Waals surface area (Å²) < 4.78 is 0. The Hall–Kier alpha value is -1.68. The van der Waals surface area contributed by atoms with Gasteiger partial charge in [-0.3, -0.25) is 0 Å². The highest BCUT2D eigenvalue weighted by Gasteiger charge is 2.32. The number of anilines is 1. The van der Waals surface area contributed by atoms with Crippen molar-refractivity contribution < 1.29 is 0 Å². The quantitative estimate of drug-likeness (QED) is 0.936. The van der Waals surface area contributed by atoms with Gasteiger partial charge in [0.1, 0.15) is 0 Å². The Bertz CT molecular complexity index is 612. The first-order valence-electron chi connectivity index (χ1n) is 8.09. The zero-order chi connectivity index (χ0) is 14.1. The van der Waals surface area contributed by atoms with Gasteiger partial charge >= 0.3 is 0 Å². The minimum Gasteiger partial charge on any atom is -0.366 e. The van der Waals surface area contributed by atoms with Crippen molar-refractivity contribution in [2.75, 3.05) is 24.5 Å². The van der Waals surface area contributed by atoms with Crippen LogP contribution in [0.4, 0.5) is 5.69 Å². The van der Waals surface area contributed by atoms with Gasteiger partial charge in [-0.1, -0.05) is 18.2 Å². The highest BCUT2D eigenvalue weighted by atomic mass is 15.2. The largest absolute Gasteiger partial charge is 0.366 e. The number of aromatic nitrogens is 2. The molecule has 21 heavy (non-hydrogen) atoms. The summed E-state index contributed by atoms with van der Waals surface area (Å²) in [7, 11) is 0. The number of hydrogen-bond acceptors (Lipinski definition) is 4. The van der Waals surface area contributed by atoms with Crippen LogP contribution in [0.3, 0.4) is 0 Å². The van der Waals surface area contributed by atoms with Gasteiger partial charge in [-0.25, -0.2) is 0 Å². The second-order valence-electron chi connectivity index (χ2n) is 6.34. The van der Waals surface area contributed by atoms with Crippen molar-refractivity contribution in [2.45, 2.75) is 31.7 Å². The third-order valence-electron chi connectivity index (χ3n) is 4.68. The van der Waals surface area contributed by atoms with E-state index in [0.29, 0.717) is 6.04 Å². The van der Waals surface area contributed by atoms with E-state index in [9.17, 15) is 0 Å². The van der Waals surface area contributed by atoms with Gasteiger partial charge in [-0.05, 0) is 50.8 Å². The van der Waals surface area contributed by atoms with Crippen LogP contribution in [-0.4, -0.2) is 35.9 Å². The second kappa shape index (κ2) is 5.60. The molecule has 110 valence electrons. The van der Waals surface area contributed by atoms with Crippen LogP contribution < -0.4 is 10.2 Å². The molecule has 0 amide bonds. The molecular formula is C17H22N4. The summed E-state index contributed by atoms with van der Waals surface area (Å²) in [5.41, 5.74) is 2.27. The number of fused-ring (bicyclic) bond motifs is 1. The van der Waals surface area contributed by atoms with Crippen LogP contribution in [-0.2, 0) is 0 Å². The van der Waals surface area contributed by atoms with Gasteiger partial charge in [0.2, 0.25) is 0 Å². The van der Waals surface area contributed by atoms with Crippen LogP contribution >= 0.6 is 0 Å². The molecule has 1 aliphatic heterocycles. The smallest absolute Gasteiger partial charge is 0.0950 e. The van der Waals surface area contributed by atoms with Crippen molar-refractivity contribution in [3.8, 4) is 0 Å². The maximum Gasteiger partial charge on any atom is 0.0950 e. The molecular weight excluding hydrogens is 260 g/mol. The molecule has 1 saturated carbocycles. The summed E-state index contributed by atoms with van der Waals surface area (Å²) in [6.45, 7) is 3.48. The maximum absolute atomic E-state index is 4.26. The predicted molar refractivity (Wildman–Crippen MR) is 85.5 cm³/mol. The van der Waals surface area contributed by atoms with Crippen LogP contribution in [0.25, 0.3) is 10.9 Å². The standard InChI is InChI=1S/C17H22N4/c1-2-6-16-15(5-1)17(11-19-20-16)21(14-7-8-14)12-13-4-3-9-18-10-13/h1-2,5-6,11,13-14,18H,3-4,7-10,12H2. The van der Waals surface area contributed by atoms with Crippen LogP contribution in [0.15, 0.2) is 30.5 Å². The fraction of sp³-hybridized carbons (Fsp3) is 0.529. The summed E-state index contributed by atoms with van der Waals surface area (Å²) in [6, 6.07) is 9.07. The van der Waals surface area contributed by atoms with Crippen molar-refractivity contribution in [1.82, 2.24) is 15.5 Å². The summed E-state index contributed by atoms with van der Waals surface area (Å²) >= 11 is 0. The number of piperidine rings is 1. The third-order valence-corrected chi connectivity index (χ3v) is 4.68. The Morgan fingerprint density at radius 2 is 2.10 bits per heavy atom. The normalized spacial score (nSPS) is 22.4. The Kier molecular flexibility index (Phi) is 3.47. The molecule has 1 aliphatic carbocycles. The van der Waals surface area contributed by atoms with E-state index in [0.717, 1.165) is 24.5 Å². The zero-order valence-electron chi connectivity index (χ0n) is 12.3. The van der Waals surface area contributed by atoms with Crippen molar-refractivity contribution >= 4 is 16.6 Å². The van der Waals surface area contributed by atoms with Crippen molar-refractivity contribution in [1.29, 1.82) is 0 Å². The van der Waals surface area contributed by atoms with E-state index >= 15 is 0 Å². The summed E-state index contributed by atoms with van der Waals surface area (Å²) in [5.74, 6) is 0.756. The van der Waals surface area contributed by atoms with E-state index < -0.39 is 0 Å². The van der Waals surface area contributed by atoms with E-state index in [1.807, 2.05) is 12.3 Å². The Morgan fingerprint density at radius 3 is 2.90 bits per heavy atom. The van der Waals surface area contributed by atoms with Gasteiger partial charge in [0.15, 0.2) is 0 Å². The van der Waals surface area contributed by atoms with Gasteiger partial charge < -0.3 is 10.2 Å². The average Bonchev–Trinajstić information content (AvgIpc) is 3.38. The Balaban J connectivity index is 1.65. The first-order chi connectivity index (χ1) is 10.4. The van der Waals surface area contributed by atoms with E-state index in [1.54, 1.807) is 0 Å². The Labute approximate surface area is 125 Å². The van der Waals surface area contributed by atoms with E-state index in [2.05, 4.69) is 38.6 Å². The highest BCUT2D eigenvalue weighted by molar-refractivity contribution is 5.91. The van der Waals surface area contributed by atoms with Crippen LogP contribution in [0.2, 0.25) is 0 Å². The molecule has 0 radical (unpaired) electrons. The van der Waals surface area contributed by atoms with Crippen LogP contribution in [0.5, 0.6) is 0 Å². The highest BCUT2D eigenvalue weighted by Crippen LogP contribution is 2.35. The first-order valence-corrected chi connectivity index (χ1v) is 8.09. The lowest BCUT2D eigenvalue weighted by Gasteiger charge is -2.32. The molecule has 1 aromatic heterocycles. The molecule has 1 atom stereocenters. The molecule has 4 rings (SSSR count). The lowest BCUT2D eigenvalue weighted by atomic mass is 9.98. The van der Waals surface area contributed by atoms with Gasteiger partial charge in [0.05, 0.1) is 17.4 Å². The second-order valence-corrected chi connectivity index (χ2v) is 6.34. The monoisotopic (exact) mass is 282 g/mol. The number of nitrogens with one attached hydrogen (secondary N) is 1. The molecule has 1 aromatic carbocycles. The Morgan fingerprint density at radius 1 is 1.19 bits per heavy atom. The average molecular weight is 282 g/mol. The van der Waals surface area contributed by atoms with Crippen molar-refractivity contribution in [3.05, 3.63) is 30.5 Å². The minimum atomic E-state index is 0.708. The molecule has 0 bridgehead atoms. The van der Waals surface area contributed by atoms with Crippen LogP contribution in [0.1, 0.15) is 25.7 Å². The molecule has 2 aliphatic rings. The van der Waals surface area contributed by atoms with Gasteiger partial charge in [-0.2, -0.15) is 10.2 Å². The number of benzene rings is 1. The van der Waals surface area contributed by atoms with Crippen molar-refractivity contribution in [3.63, 3.8) is 0 Å². The first kappa shape index (κ1) is 13.0. The number of nitrogens with zero attached hydrogens (tertiary/aromatic N) is 3. The summed E-state index contributed by atoms with van der Waals surface area (Å²) in [5, 5.41) is 13.3. The maximum atomic E-state index is 4.26. The predicted octanol–water partition coefficient (Wildman–Crippen LogP) is 2.60. The molecule has 2 fully saturated rings. The molecule has 1 saturated heterocycles. The summed E-state index contributed by atoms with van der Waals surface area (Å²) in [6.07, 6.45) is 7.23. The molecule has 2 heterocycles. The molecule has 1 unspecified atom stereocenters. The lowest BCUT2D eigenvalue weighted by Crippen LogP contribution is -2.39. The number of rotatable bonds is 4. The topological polar surface area (TPSA) is 41.0 Å². The van der Waals surface area contributed by atoms with E-state index in [-0.39, 0.29) is 0 Å². The van der Waals surface area contributed by atoms with E-state index in [4.69, 9.17) is 0 Å². The molecule has 4 heteroatoms. The lowest BCUT2D eigenvalue weighted by molar-refractivity contribution is 0.376. The van der Waals surface area contributed by atoms with E-state index in [1.165, 1.54) is 43.3 Å². The van der Waals surface area contributed by atoms with Gasteiger partial charge in [0.25, 0.3) is 0 Å². The number of hydrogen-bond donors (Lipinski definition) is 1. The molecule has 1 N–H and O–H groups in total. The molecule has 0 spiro atoms. The van der Waals surface area contributed by atoms with Crippen LogP contribution in [0, 0.1) is 5.92 Å². The fourth-order valence-corrected chi connectivity index (χ4v) is 3.41. The fourth-order valence-electron chi connectivity index (χ4n) is 3.41. The van der Waals surface area contributed by atoms with Gasteiger partial charge in [0, 0.05) is 18.0 Å². The molecule has 4 nitrogen and oxygen atoms in total. The summed E-state index contributed by atoms with van der Waals surface area (Å²) in [4.78, 5) is 2.59. The molecule has 2 aromatic rings. The van der Waals surface area contributed by atoms with Crippen molar-refractivity contribution in [2.24, 2.45) is 5.92 Å². The SMILES string of the molecule is c1ccc2c(N(CC3CCCNC3)C3CC3)cnnc2c1. The van der Waals surface area contributed by atoms with Gasteiger partial charge in [-0.15, -0.1) is 0 Å².